The third-order valence-corrected chi connectivity index (χ3v) is 5.73. The molecule has 146 valence electrons. The number of carbonyl (C=O) groups is 1. The Morgan fingerprint density at radius 3 is 2.69 bits per heavy atom. The fourth-order valence-electron chi connectivity index (χ4n) is 4.38. The highest BCUT2D eigenvalue weighted by atomic mass is 19.1. The van der Waals surface area contributed by atoms with Crippen LogP contribution in [0.5, 0.6) is 0 Å². The normalized spacial score (nSPS) is 19.3. The summed E-state index contributed by atoms with van der Waals surface area (Å²) in [6.45, 7) is 3.97. The van der Waals surface area contributed by atoms with Crippen molar-refractivity contribution in [2.45, 2.75) is 39.0 Å². The van der Waals surface area contributed by atoms with Crippen molar-refractivity contribution < 1.29 is 9.18 Å². The van der Waals surface area contributed by atoms with E-state index in [0.29, 0.717) is 36.1 Å². The van der Waals surface area contributed by atoms with Crippen molar-refractivity contribution in [3.05, 3.63) is 87.6 Å². The van der Waals surface area contributed by atoms with Gasteiger partial charge < -0.3 is 5.73 Å². The van der Waals surface area contributed by atoms with E-state index < -0.39 is 11.7 Å². The highest BCUT2D eigenvalue weighted by molar-refractivity contribution is 6.01. The second-order valence-electron chi connectivity index (χ2n) is 7.66. The third kappa shape index (κ3) is 3.11. The first-order chi connectivity index (χ1) is 13.9. The van der Waals surface area contributed by atoms with E-state index in [2.05, 4.69) is 6.07 Å². The van der Waals surface area contributed by atoms with E-state index in [1.807, 2.05) is 32.0 Å². The molecule has 1 aliphatic heterocycles. The molecule has 1 unspecified atom stereocenters. The zero-order valence-electron chi connectivity index (χ0n) is 16.5. The molecule has 0 saturated carbocycles. The fraction of sp³-hybridized carbons (Fsp3) is 0.250. The molecule has 5 heteroatoms. The highest BCUT2D eigenvalue weighted by Gasteiger charge is 2.40. The molecule has 2 N–H and O–H groups in total. The monoisotopic (exact) mass is 387 g/mol. The number of hydrogen-bond acceptors (Lipinski definition) is 4. The van der Waals surface area contributed by atoms with Gasteiger partial charge in [-0.15, -0.1) is 0 Å². The van der Waals surface area contributed by atoms with Crippen LogP contribution in [-0.2, 0) is 4.79 Å². The molecule has 2 aromatic carbocycles. The van der Waals surface area contributed by atoms with Crippen molar-refractivity contribution in [1.29, 1.82) is 5.26 Å². The molecule has 29 heavy (non-hydrogen) atoms. The summed E-state index contributed by atoms with van der Waals surface area (Å²) in [6, 6.07) is 14.4. The molecule has 1 aliphatic carbocycles. The van der Waals surface area contributed by atoms with Crippen LogP contribution >= 0.6 is 0 Å². The molecule has 0 amide bonds. The fourth-order valence-corrected chi connectivity index (χ4v) is 4.38. The lowest BCUT2D eigenvalue weighted by molar-refractivity contribution is -0.116. The molecule has 0 saturated heterocycles. The molecule has 0 fully saturated rings. The molecule has 0 bridgehead atoms. The summed E-state index contributed by atoms with van der Waals surface area (Å²) in [4.78, 5) is 14.8. The molecular formula is C24H22FN3O. The number of anilines is 1. The van der Waals surface area contributed by atoms with Crippen LogP contribution in [-0.4, -0.2) is 5.78 Å². The highest BCUT2D eigenvalue weighted by Crippen LogP contribution is 2.47. The summed E-state index contributed by atoms with van der Waals surface area (Å²) in [5.41, 5.74) is 11.7. The van der Waals surface area contributed by atoms with E-state index >= 15 is 0 Å². The number of Topliss-reactive ketones (excluding diaryl/α,β-unsaturated/α-hetero) is 1. The van der Waals surface area contributed by atoms with Gasteiger partial charge in [0.15, 0.2) is 5.78 Å². The van der Waals surface area contributed by atoms with Crippen LogP contribution < -0.4 is 10.6 Å². The van der Waals surface area contributed by atoms with E-state index in [0.717, 1.165) is 22.4 Å². The number of nitrogens with two attached hydrogens (primary N) is 1. The van der Waals surface area contributed by atoms with Crippen LogP contribution in [0.3, 0.4) is 0 Å². The molecule has 4 nitrogen and oxygen atoms in total. The van der Waals surface area contributed by atoms with E-state index in [9.17, 15) is 14.4 Å². The second kappa shape index (κ2) is 7.21. The Labute approximate surface area is 169 Å². The number of carbonyl (C=O) groups excluding carboxylic acids is 1. The molecule has 1 heterocycles. The summed E-state index contributed by atoms with van der Waals surface area (Å²) in [5.74, 6) is -0.599. The molecule has 4 rings (SSSR count). The smallest absolute Gasteiger partial charge is 0.161 e. The minimum absolute atomic E-state index is 0.0267. The molecule has 1 atom stereocenters. The molecule has 0 aromatic heterocycles. The van der Waals surface area contributed by atoms with Crippen molar-refractivity contribution in [1.82, 2.24) is 0 Å². The zero-order valence-corrected chi connectivity index (χ0v) is 16.5. The van der Waals surface area contributed by atoms with Gasteiger partial charge in [0.2, 0.25) is 0 Å². The summed E-state index contributed by atoms with van der Waals surface area (Å²) in [7, 11) is 0. The van der Waals surface area contributed by atoms with Gasteiger partial charge in [-0.05, 0) is 56.0 Å². The number of allylic oxidation sites excluding steroid dienone is 3. The van der Waals surface area contributed by atoms with Gasteiger partial charge in [0.25, 0.3) is 0 Å². The maximum absolute atomic E-state index is 13.9. The van der Waals surface area contributed by atoms with E-state index in [1.54, 1.807) is 17.0 Å². The van der Waals surface area contributed by atoms with Gasteiger partial charge in [0, 0.05) is 17.7 Å². The van der Waals surface area contributed by atoms with Crippen LogP contribution in [0.2, 0.25) is 0 Å². The van der Waals surface area contributed by atoms with Gasteiger partial charge in [0.05, 0.1) is 23.2 Å². The predicted molar refractivity (Wildman–Crippen MR) is 110 cm³/mol. The first kappa shape index (κ1) is 18.9. The number of aryl methyl sites for hydroxylation is 2. The summed E-state index contributed by atoms with van der Waals surface area (Å²) < 4.78 is 13.9. The van der Waals surface area contributed by atoms with Crippen LogP contribution in [0.15, 0.2) is 65.1 Å². The topological polar surface area (TPSA) is 70.1 Å². The molecule has 2 aromatic rings. The average molecular weight is 387 g/mol. The Balaban J connectivity index is 2.01. The maximum atomic E-state index is 13.9. The Hall–Kier alpha value is -3.39. The number of halogens is 1. The molecule has 0 spiro atoms. The first-order valence-electron chi connectivity index (χ1n) is 9.71. The predicted octanol–water partition coefficient (Wildman–Crippen LogP) is 4.75. The van der Waals surface area contributed by atoms with Gasteiger partial charge in [-0.3, -0.25) is 9.69 Å². The summed E-state index contributed by atoms with van der Waals surface area (Å²) in [6.07, 6.45) is 1.80. The Morgan fingerprint density at radius 2 is 1.97 bits per heavy atom. The molecular weight excluding hydrogens is 365 g/mol. The summed E-state index contributed by atoms with van der Waals surface area (Å²) in [5, 5.41) is 10.0. The number of nitriles is 1. The van der Waals surface area contributed by atoms with Crippen LogP contribution in [0.1, 0.15) is 41.9 Å². The SMILES string of the molecule is Cc1ccc(C)c(C2C(C#N)=C(N)N(c3cccc(F)c3)C3=C2C(=O)CCC3)c1. The molecule has 0 radical (unpaired) electrons. The van der Waals surface area contributed by atoms with E-state index in [-0.39, 0.29) is 11.6 Å². The van der Waals surface area contributed by atoms with Gasteiger partial charge in [0.1, 0.15) is 11.6 Å². The lowest BCUT2D eigenvalue weighted by atomic mass is 9.74. The minimum atomic E-state index is -0.493. The van der Waals surface area contributed by atoms with E-state index in [4.69, 9.17) is 5.73 Å². The Bertz CT molecular complexity index is 1120. The van der Waals surface area contributed by atoms with Crippen molar-refractivity contribution in [3.63, 3.8) is 0 Å². The average Bonchev–Trinajstić information content (AvgIpc) is 2.69. The lowest BCUT2D eigenvalue weighted by Crippen LogP contribution is -2.39. The number of hydrogen-bond donors (Lipinski definition) is 1. The van der Waals surface area contributed by atoms with Crippen molar-refractivity contribution in [3.8, 4) is 6.07 Å². The van der Waals surface area contributed by atoms with Crippen molar-refractivity contribution in [2.75, 3.05) is 4.90 Å². The number of ketones is 1. The van der Waals surface area contributed by atoms with Crippen LogP contribution in [0, 0.1) is 31.0 Å². The number of benzene rings is 2. The van der Waals surface area contributed by atoms with Crippen LogP contribution in [0.25, 0.3) is 0 Å². The largest absolute Gasteiger partial charge is 0.384 e. The number of rotatable bonds is 2. The maximum Gasteiger partial charge on any atom is 0.161 e. The third-order valence-electron chi connectivity index (χ3n) is 5.73. The van der Waals surface area contributed by atoms with Crippen LogP contribution in [0.4, 0.5) is 10.1 Å². The first-order valence-corrected chi connectivity index (χ1v) is 9.71. The minimum Gasteiger partial charge on any atom is -0.384 e. The van der Waals surface area contributed by atoms with Gasteiger partial charge >= 0.3 is 0 Å². The zero-order chi connectivity index (χ0) is 20.7. The van der Waals surface area contributed by atoms with Gasteiger partial charge in [-0.25, -0.2) is 4.39 Å². The second-order valence-corrected chi connectivity index (χ2v) is 7.66. The number of nitrogens with zero attached hydrogens (tertiary/aromatic N) is 2. The Morgan fingerprint density at radius 1 is 1.17 bits per heavy atom. The van der Waals surface area contributed by atoms with Gasteiger partial charge in [-0.1, -0.05) is 29.8 Å². The Kier molecular flexibility index (Phi) is 4.71. The van der Waals surface area contributed by atoms with Crippen molar-refractivity contribution in [2.24, 2.45) is 5.73 Å². The van der Waals surface area contributed by atoms with E-state index in [1.165, 1.54) is 12.1 Å². The standard InChI is InChI=1S/C24H22FN3O/c1-14-9-10-15(2)18(11-14)22-19(13-26)24(27)28(17-6-3-5-16(25)12-17)20-7-4-8-21(29)23(20)22/h3,5-6,9-12,22H,4,7-8,27H2,1-2H3. The quantitative estimate of drug-likeness (QED) is 0.807. The van der Waals surface area contributed by atoms with Crippen molar-refractivity contribution >= 4 is 11.5 Å². The summed E-state index contributed by atoms with van der Waals surface area (Å²) >= 11 is 0. The van der Waals surface area contributed by atoms with Gasteiger partial charge in [-0.2, -0.15) is 5.26 Å². The lowest BCUT2D eigenvalue weighted by Gasteiger charge is -2.40. The molecule has 2 aliphatic rings.